The molecule has 0 aliphatic rings. The number of sulfonamides is 1. The van der Waals surface area contributed by atoms with Gasteiger partial charge < -0.3 is 10.6 Å². The molecule has 0 atom stereocenters. The van der Waals surface area contributed by atoms with E-state index in [1.807, 2.05) is 0 Å². The molecule has 8 heteroatoms. The number of thiophene rings is 1. The quantitative estimate of drug-likeness (QED) is 0.627. The third-order valence-corrected chi connectivity index (χ3v) is 7.04. The van der Waals surface area contributed by atoms with Gasteiger partial charge in [0.25, 0.3) is 0 Å². The van der Waals surface area contributed by atoms with Gasteiger partial charge in [-0.15, -0.1) is 11.3 Å². The van der Waals surface area contributed by atoms with E-state index in [1.165, 1.54) is 11.3 Å². The van der Waals surface area contributed by atoms with Crippen molar-refractivity contribution in [2.75, 3.05) is 20.1 Å². The first-order chi connectivity index (χ1) is 9.77. The fourth-order valence-electron chi connectivity index (χ4n) is 1.71. The molecule has 3 N–H and O–H groups in total. The summed E-state index contributed by atoms with van der Waals surface area (Å²) >= 11 is 4.65. The average Bonchev–Trinajstić information content (AvgIpc) is 2.80. The molecule has 0 aliphatic carbocycles. The molecule has 0 bridgehead atoms. The minimum Gasteiger partial charge on any atom is -0.326 e. The fourth-order valence-corrected chi connectivity index (χ4v) is 5.34. The zero-order valence-electron chi connectivity index (χ0n) is 12.7. The predicted octanol–water partition coefficient (Wildman–Crippen LogP) is 2.37. The molecule has 0 aliphatic heterocycles. The molecule has 0 radical (unpaired) electrons. The SMILES string of the molecule is CC(C)N(C)CCCCNS(=O)(=O)c1cc(CN)sc1Br. The maximum atomic E-state index is 12.2. The molecule has 0 spiro atoms. The lowest BCUT2D eigenvalue weighted by Crippen LogP contribution is -2.29. The first-order valence-electron chi connectivity index (χ1n) is 6.96. The first-order valence-corrected chi connectivity index (χ1v) is 10.1. The van der Waals surface area contributed by atoms with Crippen LogP contribution in [0.5, 0.6) is 0 Å². The second-order valence-electron chi connectivity index (χ2n) is 5.23. The van der Waals surface area contributed by atoms with Crippen LogP contribution in [0.15, 0.2) is 14.7 Å². The van der Waals surface area contributed by atoms with E-state index in [0.29, 0.717) is 22.9 Å². The Morgan fingerprint density at radius 3 is 2.62 bits per heavy atom. The zero-order chi connectivity index (χ0) is 16.0. The summed E-state index contributed by atoms with van der Waals surface area (Å²) in [5, 5.41) is 0. The summed E-state index contributed by atoms with van der Waals surface area (Å²) in [7, 11) is -1.38. The molecule has 1 rings (SSSR count). The lowest BCUT2D eigenvalue weighted by Gasteiger charge is -2.20. The summed E-state index contributed by atoms with van der Waals surface area (Å²) in [5.41, 5.74) is 5.54. The van der Waals surface area contributed by atoms with E-state index in [9.17, 15) is 8.42 Å². The van der Waals surface area contributed by atoms with Crippen LogP contribution < -0.4 is 10.5 Å². The van der Waals surface area contributed by atoms with Gasteiger partial charge in [-0.05, 0) is 62.3 Å². The predicted molar refractivity (Wildman–Crippen MR) is 92.1 cm³/mol. The number of nitrogens with two attached hydrogens (primary N) is 1. The van der Waals surface area contributed by atoms with Crippen LogP contribution in [0.25, 0.3) is 0 Å². The Kier molecular flexibility index (Phi) is 7.80. The van der Waals surface area contributed by atoms with Crippen molar-refractivity contribution in [3.8, 4) is 0 Å². The van der Waals surface area contributed by atoms with Gasteiger partial charge in [0.2, 0.25) is 10.0 Å². The van der Waals surface area contributed by atoms with Crippen LogP contribution >= 0.6 is 27.3 Å². The Bertz CT molecular complexity index is 544. The van der Waals surface area contributed by atoms with E-state index in [-0.39, 0.29) is 4.90 Å². The maximum Gasteiger partial charge on any atom is 0.242 e. The second-order valence-corrected chi connectivity index (χ2v) is 9.42. The van der Waals surface area contributed by atoms with E-state index < -0.39 is 10.0 Å². The molecule has 0 fully saturated rings. The van der Waals surface area contributed by atoms with Crippen molar-refractivity contribution in [1.82, 2.24) is 9.62 Å². The van der Waals surface area contributed by atoms with Crippen LogP contribution in [-0.4, -0.2) is 39.5 Å². The number of rotatable bonds is 9. The van der Waals surface area contributed by atoms with E-state index >= 15 is 0 Å². The number of nitrogens with one attached hydrogen (secondary N) is 1. The smallest absolute Gasteiger partial charge is 0.242 e. The topological polar surface area (TPSA) is 75.4 Å². The minimum absolute atomic E-state index is 0.284. The Morgan fingerprint density at radius 2 is 2.10 bits per heavy atom. The van der Waals surface area contributed by atoms with Gasteiger partial charge in [0.05, 0.1) is 3.79 Å². The molecule has 0 unspecified atom stereocenters. The number of unbranched alkanes of at least 4 members (excludes halogenated alkanes) is 1. The summed E-state index contributed by atoms with van der Waals surface area (Å²) in [5.74, 6) is 0. The van der Waals surface area contributed by atoms with Gasteiger partial charge in [-0.1, -0.05) is 0 Å². The standard InChI is InChI=1S/C13H24BrN3O2S2/c1-10(2)17(3)7-5-4-6-16-21(18,19)12-8-11(9-15)20-13(12)14/h8,10,16H,4-7,9,15H2,1-3H3. The molecule has 0 saturated carbocycles. The largest absolute Gasteiger partial charge is 0.326 e. The van der Waals surface area contributed by atoms with Crippen molar-refractivity contribution in [3.63, 3.8) is 0 Å². The van der Waals surface area contributed by atoms with Gasteiger partial charge >= 0.3 is 0 Å². The number of hydrogen-bond acceptors (Lipinski definition) is 5. The van der Waals surface area contributed by atoms with Gasteiger partial charge in [0.15, 0.2) is 0 Å². The van der Waals surface area contributed by atoms with E-state index in [2.05, 4.69) is 46.4 Å². The molecular weight excluding hydrogens is 374 g/mol. The molecule has 5 nitrogen and oxygen atoms in total. The van der Waals surface area contributed by atoms with Crippen molar-refractivity contribution in [2.24, 2.45) is 5.73 Å². The Hall–Kier alpha value is 0.01000. The Labute approximate surface area is 140 Å². The minimum atomic E-state index is -3.45. The van der Waals surface area contributed by atoms with Gasteiger partial charge in [0.1, 0.15) is 4.90 Å². The van der Waals surface area contributed by atoms with Crippen LogP contribution in [0.2, 0.25) is 0 Å². The highest BCUT2D eigenvalue weighted by Crippen LogP contribution is 2.31. The summed E-state index contributed by atoms with van der Waals surface area (Å²) in [6, 6.07) is 2.14. The normalized spacial score (nSPS) is 12.5. The van der Waals surface area contributed by atoms with Crippen LogP contribution in [0, 0.1) is 0 Å². The van der Waals surface area contributed by atoms with Gasteiger partial charge in [0, 0.05) is 24.0 Å². The van der Waals surface area contributed by atoms with Gasteiger partial charge in [-0.3, -0.25) is 0 Å². The van der Waals surface area contributed by atoms with Crippen LogP contribution in [0.1, 0.15) is 31.6 Å². The monoisotopic (exact) mass is 397 g/mol. The average molecular weight is 398 g/mol. The van der Waals surface area contributed by atoms with Crippen LogP contribution in [0.4, 0.5) is 0 Å². The van der Waals surface area contributed by atoms with Crippen molar-refractivity contribution >= 4 is 37.3 Å². The lowest BCUT2D eigenvalue weighted by atomic mass is 10.2. The van der Waals surface area contributed by atoms with Crippen molar-refractivity contribution in [3.05, 3.63) is 14.7 Å². The molecule has 21 heavy (non-hydrogen) atoms. The summed E-state index contributed by atoms with van der Waals surface area (Å²) in [6.45, 7) is 6.06. The first kappa shape index (κ1) is 19.1. The van der Waals surface area contributed by atoms with Crippen molar-refractivity contribution < 1.29 is 8.42 Å². The van der Waals surface area contributed by atoms with Crippen LogP contribution in [0.3, 0.4) is 0 Å². The highest BCUT2D eigenvalue weighted by atomic mass is 79.9. The molecular formula is C13H24BrN3O2S2. The highest BCUT2D eigenvalue weighted by molar-refractivity contribution is 9.11. The van der Waals surface area contributed by atoms with Crippen LogP contribution in [-0.2, 0) is 16.6 Å². The zero-order valence-corrected chi connectivity index (χ0v) is 15.9. The number of hydrogen-bond donors (Lipinski definition) is 2. The molecule has 0 aromatic carbocycles. The van der Waals surface area contributed by atoms with E-state index in [0.717, 1.165) is 24.3 Å². The molecule has 0 saturated heterocycles. The maximum absolute atomic E-state index is 12.2. The molecule has 122 valence electrons. The van der Waals surface area contributed by atoms with Gasteiger partial charge in [-0.2, -0.15) is 0 Å². The molecule has 0 amide bonds. The molecule has 1 heterocycles. The number of nitrogens with zero attached hydrogens (tertiary/aromatic N) is 1. The third kappa shape index (κ3) is 5.96. The second kappa shape index (κ2) is 8.59. The lowest BCUT2D eigenvalue weighted by molar-refractivity contribution is 0.268. The summed E-state index contributed by atoms with van der Waals surface area (Å²) in [4.78, 5) is 3.38. The van der Waals surface area contributed by atoms with E-state index in [4.69, 9.17) is 5.73 Å². The van der Waals surface area contributed by atoms with Crippen molar-refractivity contribution in [1.29, 1.82) is 0 Å². The third-order valence-electron chi connectivity index (χ3n) is 3.31. The highest BCUT2D eigenvalue weighted by Gasteiger charge is 2.20. The molecule has 1 aromatic rings. The molecule has 1 aromatic heterocycles. The number of halogens is 1. The Morgan fingerprint density at radius 1 is 1.43 bits per heavy atom. The van der Waals surface area contributed by atoms with Crippen molar-refractivity contribution in [2.45, 2.75) is 44.2 Å². The van der Waals surface area contributed by atoms with Gasteiger partial charge in [-0.25, -0.2) is 13.1 Å². The fraction of sp³-hybridized carbons (Fsp3) is 0.692. The van der Waals surface area contributed by atoms with E-state index in [1.54, 1.807) is 6.07 Å². The Balaban J connectivity index is 2.45. The summed E-state index contributed by atoms with van der Waals surface area (Å²) < 4.78 is 27.7. The summed E-state index contributed by atoms with van der Waals surface area (Å²) in [6.07, 6.45) is 1.79.